The highest BCUT2D eigenvalue weighted by atomic mass is 19.4. The second-order valence-corrected chi connectivity index (χ2v) is 4.13. The second kappa shape index (κ2) is 5.82. The fourth-order valence-electron chi connectivity index (χ4n) is 1.56. The SMILES string of the molecule is COc1cc(N=Nc2ccc(O)cc2)cc(C(F)(F)F)c1. The zero-order valence-corrected chi connectivity index (χ0v) is 10.9. The van der Waals surface area contributed by atoms with Gasteiger partial charge in [0, 0.05) is 6.07 Å². The molecule has 0 atom stereocenters. The molecule has 1 N–H and O–H groups in total. The van der Waals surface area contributed by atoms with Crippen LogP contribution in [0.5, 0.6) is 11.5 Å². The Morgan fingerprint density at radius 1 is 0.952 bits per heavy atom. The Morgan fingerprint density at radius 3 is 2.14 bits per heavy atom. The fraction of sp³-hybridized carbons (Fsp3) is 0.143. The van der Waals surface area contributed by atoms with Crippen molar-refractivity contribution in [3.63, 3.8) is 0 Å². The van der Waals surface area contributed by atoms with Gasteiger partial charge in [0.25, 0.3) is 0 Å². The molecule has 4 nitrogen and oxygen atoms in total. The molecule has 0 aromatic heterocycles. The van der Waals surface area contributed by atoms with Gasteiger partial charge in [-0.1, -0.05) is 0 Å². The van der Waals surface area contributed by atoms with Crippen LogP contribution in [0.15, 0.2) is 52.7 Å². The smallest absolute Gasteiger partial charge is 0.416 e. The van der Waals surface area contributed by atoms with Crippen LogP contribution in [0, 0.1) is 0 Å². The van der Waals surface area contributed by atoms with Crippen molar-refractivity contribution in [3.8, 4) is 11.5 Å². The van der Waals surface area contributed by atoms with Crippen LogP contribution in [0.1, 0.15) is 5.56 Å². The molecule has 2 aromatic carbocycles. The number of halogens is 3. The quantitative estimate of drug-likeness (QED) is 0.824. The lowest BCUT2D eigenvalue weighted by molar-refractivity contribution is -0.137. The van der Waals surface area contributed by atoms with Crippen LogP contribution >= 0.6 is 0 Å². The molecule has 0 fully saturated rings. The number of nitrogens with zero attached hydrogens (tertiary/aromatic N) is 2. The van der Waals surface area contributed by atoms with Crippen LogP contribution in [0.25, 0.3) is 0 Å². The Labute approximate surface area is 118 Å². The number of phenols is 1. The number of methoxy groups -OCH3 is 1. The lowest BCUT2D eigenvalue weighted by atomic mass is 10.2. The van der Waals surface area contributed by atoms with Crippen LogP contribution in [0.3, 0.4) is 0 Å². The number of benzene rings is 2. The zero-order chi connectivity index (χ0) is 15.5. The summed E-state index contributed by atoms with van der Waals surface area (Å²) in [6, 6.07) is 8.90. The summed E-state index contributed by atoms with van der Waals surface area (Å²) < 4.78 is 43.0. The van der Waals surface area contributed by atoms with E-state index >= 15 is 0 Å². The van der Waals surface area contributed by atoms with E-state index in [-0.39, 0.29) is 17.2 Å². The summed E-state index contributed by atoms with van der Waals surface area (Å²) in [5, 5.41) is 16.7. The van der Waals surface area contributed by atoms with Crippen molar-refractivity contribution in [3.05, 3.63) is 48.0 Å². The third-order valence-corrected chi connectivity index (χ3v) is 2.58. The van der Waals surface area contributed by atoms with Crippen molar-refractivity contribution in [1.29, 1.82) is 0 Å². The maximum atomic E-state index is 12.7. The predicted octanol–water partition coefficient (Wildman–Crippen LogP) is 4.84. The van der Waals surface area contributed by atoms with Gasteiger partial charge < -0.3 is 9.84 Å². The van der Waals surface area contributed by atoms with E-state index in [1.165, 1.54) is 37.4 Å². The van der Waals surface area contributed by atoms with Crippen LogP contribution in [0.2, 0.25) is 0 Å². The molecule has 0 aliphatic carbocycles. The first-order chi connectivity index (χ1) is 9.88. The molecule has 0 spiro atoms. The van der Waals surface area contributed by atoms with Crippen LogP contribution in [0.4, 0.5) is 24.5 Å². The first kappa shape index (κ1) is 14.8. The largest absolute Gasteiger partial charge is 0.508 e. The Hall–Kier alpha value is -2.57. The summed E-state index contributed by atoms with van der Waals surface area (Å²) >= 11 is 0. The van der Waals surface area contributed by atoms with Gasteiger partial charge in [-0.05, 0) is 36.4 Å². The van der Waals surface area contributed by atoms with E-state index in [0.29, 0.717) is 5.69 Å². The molecule has 0 unspecified atom stereocenters. The van der Waals surface area contributed by atoms with Gasteiger partial charge in [-0.25, -0.2) is 0 Å². The highest BCUT2D eigenvalue weighted by Crippen LogP contribution is 2.35. The van der Waals surface area contributed by atoms with Gasteiger partial charge in [0.15, 0.2) is 0 Å². The highest BCUT2D eigenvalue weighted by Gasteiger charge is 2.31. The minimum absolute atomic E-state index is 0.0229. The molecule has 0 saturated heterocycles. The molecular weight excluding hydrogens is 285 g/mol. The van der Waals surface area contributed by atoms with Crippen molar-refractivity contribution in [2.75, 3.05) is 7.11 Å². The average Bonchev–Trinajstić information content (AvgIpc) is 2.45. The van der Waals surface area contributed by atoms with E-state index in [4.69, 9.17) is 9.84 Å². The minimum Gasteiger partial charge on any atom is -0.508 e. The maximum absolute atomic E-state index is 12.7. The first-order valence-electron chi connectivity index (χ1n) is 5.85. The van der Waals surface area contributed by atoms with Gasteiger partial charge in [0.1, 0.15) is 11.5 Å². The van der Waals surface area contributed by atoms with Crippen LogP contribution in [-0.2, 0) is 6.18 Å². The summed E-state index contributed by atoms with van der Waals surface area (Å²) in [7, 11) is 1.27. The first-order valence-corrected chi connectivity index (χ1v) is 5.85. The summed E-state index contributed by atoms with van der Waals surface area (Å²) in [6.07, 6.45) is -4.49. The molecule has 0 heterocycles. The lowest BCUT2D eigenvalue weighted by Crippen LogP contribution is -2.04. The van der Waals surface area contributed by atoms with E-state index in [1.807, 2.05) is 0 Å². The van der Waals surface area contributed by atoms with Crippen molar-refractivity contribution < 1.29 is 23.0 Å². The molecule has 2 rings (SSSR count). The number of hydrogen-bond acceptors (Lipinski definition) is 4. The van der Waals surface area contributed by atoms with E-state index in [9.17, 15) is 13.2 Å². The predicted molar refractivity (Wildman–Crippen MR) is 70.3 cm³/mol. The maximum Gasteiger partial charge on any atom is 0.416 e. The number of rotatable bonds is 3. The van der Waals surface area contributed by atoms with Crippen LogP contribution in [-0.4, -0.2) is 12.2 Å². The van der Waals surface area contributed by atoms with E-state index in [0.717, 1.165) is 12.1 Å². The topological polar surface area (TPSA) is 54.2 Å². The molecule has 0 aliphatic heterocycles. The van der Waals surface area contributed by atoms with Gasteiger partial charge in [-0.2, -0.15) is 23.4 Å². The van der Waals surface area contributed by atoms with Gasteiger partial charge in [-0.3, -0.25) is 0 Å². The van der Waals surface area contributed by atoms with Gasteiger partial charge in [-0.15, -0.1) is 0 Å². The van der Waals surface area contributed by atoms with Gasteiger partial charge in [0.2, 0.25) is 0 Å². The number of aromatic hydroxyl groups is 1. The zero-order valence-electron chi connectivity index (χ0n) is 10.9. The third-order valence-electron chi connectivity index (χ3n) is 2.58. The Bertz CT molecular complexity index is 652. The van der Waals surface area contributed by atoms with Gasteiger partial charge >= 0.3 is 6.18 Å². The average molecular weight is 296 g/mol. The molecule has 110 valence electrons. The summed E-state index contributed by atoms with van der Waals surface area (Å²) in [5.41, 5.74) is -0.430. The summed E-state index contributed by atoms with van der Waals surface area (Å²) in [5.74, 6) is 0.110. The molecular formula is C14H11F3N2O2. The van der Waals surface area contributed by atoms with Gasteiger partial charge in [0.05, 0.1) is 24.0 Å². The number of azo groups is 1. The van der Waals surface area contributed by atoms with E-state index in [1.54, 1.807) is 0 Å². The molecule has 0 bridgehead atoms. The number of alkyl halides is 3. The van der Waals surface area contributed by atoms with Crippen molar-refractivity contribution in [2.24, 2.45) is 10.2 Å². The summed E-state index contributed by atoms with van der Waals surface area (Å²) in [6.45, 7) is 0. The molecule has 0 aliphatic rings. The monoisotopic (exact) mass is 296 g/mol. The van der Waals surface area contributed by atoms with E-state index < -0.39 is 11.7 Å². The standard InChI is InChI=1S/C14H11F3N2O2/c1-21-13-7-9(14(15,16)17)6-11(8-13)19-18-10-2-4-12(20)5-3-10/h2-8,20H,1H3. The normalized spacial score (nSPS) is 11.8. The third kappa shape index (κ3) is 3.95. The van der Waals surface area contributed by atoms with Crippen LogP contribution < -0.4 is 4.74 Å². The molecule has 0 radical (unpaired) electrons. The van der Waals surface area contributed by atoms with Crippen molar-refractivity contribution in [1.82, 2.24) is 0 Å². The number of hydrogen-bond donors (Lipinski definition) is 1. The number of ether oxygens (including phenoxy) is 1. The molecule has 0 saturated carbocycles. The fourth-order valence-corrected chi connectivity index (χ4v) is 1.56. The number of phenolic OH excluding ortho intramolecular Hbond substituents is 1. The lowest BCUT2D eigenvalue weighted by Gasteiger charge is -2.09. The molecule has 7 heteroatoms. The molecule has 0 amide bonds. The molecule has 21 heavy (non-hydrogen) atoms. The van der Waals surface area contributed by atoms with Crippen molar-refractivity contribution in [2.45, 2.75) is 6.18 Å². The minimum atomic E-state index is -4.49. The highest BCUT2D eigenvalue weighted by molar-refractivity contribution is 5.48. The summed E-state index contributed by atoms with van der Waals surface area (Å²) in [4.78, 5) is 0. The Kier molecular flexibility index (Phi) is 4.11. The Balaban J connectivity index is 2.32. The molecule has 2 aromatic rings. The van der Waals surface area contributed by atoms with E-state index in [2.05, 4.69) is 10.2 Å². The van der Waals surface area contributed by atoms with Crippen molar-refractivity contribution >= 4 is 11.4 Å². The second-order valence-electron chi connectivity index (χ2n) is 4.13. The Morgan fingerprint density at radius 2 is 1.57 bits per heavy atom.